The minimum absolute atomic E-state index is 0.226. The van der Waals surface area contributed by atoms with E-state index in [0.717, 1.165) is 18.8 Å². The first-order chi connectivity index (χ1) is 6.75. The van der Waals surface area contributed by atoms with Crippen LogP contribution in [0, 0.1) is 0 Å². The molecule has 1 aliphatic heterocycles. The van der Waals surface area contributed by atoms with Crippen molar-refractivity contribution >= 4 is 17.4 Å². The first-order valence-corrected chi connectivity index (χ1v) is 5.00. The maximum atomic E-state index is 5.67. The summed E-state index contributed by atoms with van der Waals surface area (Å²) in [4.78, 5) is 7.88. The zero-order valence-electron chi connectivity index (χ0n) is 7.90. The lowest BCUT2D eigenvalue weighted by Crippen LogP contribution is -2.27. The summed E-state index contributed by atoms with van der Waals surface area (Å²) in [5.74, 6) is 0.757. The molecule has 1 fully saturated rings. The first-order valence-electron chi connectivity index (χ1n) is 4.62. The average Bonchev–Trinajstić information content (AvgIpc) is 2.52. The summed E-state index contributed by atoms with van der Waals surface area (Å²) in [5.41, 5.74) is 0. The van der Waals surface area contributed by atoms with E-state index < -0.39 is 0 Å². The van der Waals surface area contributed by atoms with Crippen molar-refractivity contribution in [1.82, 2.24) is 9.97 Å². The van der Waals surface area contributed by atoms with Gasteiger partial charge in [-0.25, -0.2) is 9.97 Å². The summed E-state index contributed by atoms with van der Waals surface area (Å²) in [6, 6.07) is 2.12. The van der Waals surface area contributed by atoms with Crippen LogP contribution in [0.25, 0.3) is 0 Å². The Balaban J connectivity index is 2.03. The Kier molecular flexibility index (Phi) is 2.84. The number of rotatable bonds is 2. The van der Waals surface area contributed by atoms with Gasteiger partial charge in [-0.2, -0.15) is 0 Å². The first kappa shape index (κ1) is 9.68. The third kappa shape index (κ3) is 2.13. The van der Waals surface area contributed by atoms with Gasteiger partial charge in [0.2, 0.25) is 5.28 Å². The van der Waals surface area contributed by atoms with Gasteiger partial charge in [0, 0.05) is 12.8 Å². The second-order valence-corrected chi connectivity index (χ2v) is 3.66. The molecule has 76 valence electrons. The van der Waals surface area contributed by atoms with Crippen molar-refractivity contribution in [3.63, 3.8) is 0 Å². The van der Waals surface area contributed by atoms with Crippen LogP contribution >= 0.6 is 11.6 Å². The zero-order valence-corrected chi connectivity index (χ0v) is 8.66. The van der Waals surface area contributed by atoms with Crippen LogP contribution in [0.4, 0.5) is 5.82 Å². The monoisotopic (exact) mass is 213 g/mol. The molecule has 2 atom stereocenters. The van der Waals surface area contributed by atoms with Crippen LogP contribution in [0.3, 0.4) is 0 Å². The minimum atomic E-state index is 0.226. The van der Waals surface area contributed by atoms with Crippen molar-refractivity contribution in [3.05, 3.63) is 17.5 Å². The van der Waals surface area contributed by atoms with E-state index >= 15 is 0 Å². The number of hydrogen-bond donors (Lipinski definition) is 1. The number of nitrogens with zero attached hydrogens (tertiary/aromatic N) is 2. The van der Waals surface area contributed by atoms with E-state index in [-0.39, 0.29) is 11.4 Å². The van der Waals surface area contributed by atoms with E-state index in [1.165, 1.54) is 0 Å². The van der Waals surface area contributed by atoms with Crippen LogP contribution in [-0.4, -0.2) is 28.7 Å². The molecular weight excluding hydrogens is 202 g/mol. The summed E-state index contributed by atoms with van der Waals surface area (Å²) in [7, 11) is 0. The molecule has 1 saturated heterocycles. The van der Waals surface area contributed by atoms with E-state index in [1.54, 1.807) is 12.3 Å². The van der Waals surface area contributed by atoms with Crippen LogP contribution in [0.15, 0.2) is 12.3 Å². The summed E-state index contributed by atoms with van der Waals surface area (Å²) in [6.45, 7) is 2.85. The van der Waals surface area contributed by atoms with Crippen molar-refractivity contribution in [2.45, 2.75) is 25.5 Å². The lowest BCUT2D eigenvalue weighted by molar-refractivity contribution is 0.121. The normalized spacial score (nSPS) is 26.4. The molecule has 5 heteroatoms. The molecule has 1 N–H and O–H groups in total. The molecule has 1 aliphatic rings. The highest BCUT2D eigenvalue weighted by Gasteiger charge is 2.24. The van der Waals surface area contributed by atoms with E-state index in [0.29, 0.717) is 6.04 Å². The van der Waals surface area contributed by atoms with E-state index in [1.807, 2.05) is 6.92 Å². The Morgan fingerprint density at radius 2 is 2.50 bits per heavy atom. The lowest BCUT2D eigenvalue weighted by atomic mass is 10.1. The maximum Gasteiger partial charge on any atom is 0.224 e. The molecule has 1 aromatic rings. The fourth-order valence-corrected chi connectivity index (χ4v) is 1.67. The van der Waals surface area contributed by atoms with Crippen LogP contribution in [0.1, 0.15) is 13.3 Å². The molecule has 0 radical (unpaired) electrons. The molecule has 14 heavy (non-hydrogen) atoms. The lowest BCUT2D eigenvalue weighted by Gasteiger charge is -2.16. The standard InChI is InChI=1S/C9H12ClN3O/c1-6-7(3-5-14-6)12-8-2-4-11-9(10)13-8/h2,4,6-7H,3,5H2,1H3,(H,11,12,13). The number of anilines is 1. The Hall–Kier alpha value is -0.870. The minimum Gasteiger partial charge on any atom is -0.376 e. The molecule has 2 rings (SSSR count). The predicted octanol–water partition coefficient (Wildman–Crippen LogP) is 1.72. The second kappa shape index (κ2) is 4.11. The molecule has 2 heterocycles. The molecule has 0 spiro atoms. The van der Waals surface area contributed by atoms with Crippen LogP contribution in [0.2, 0.25) is 5.28 Å². The van der Waals surface area contributed by atoms with Crippen molar-refractivity contribution in [2.24, 2.45) is 0 Å². The van der Waals surface area contributed by atoms with Gasteiger partial charge in [-0.3, -0.25) is 0 Å². The highest BCUT2D eigenvalue weighted by atomic mass is 35.5. The third-order valence-corrected chi connectivity index (χ3v) is 2.52. The van der Waals surface area contributed by atoms with Gasteiger partial charge in [0.15, 0.2) is 0 Å². The summed E-state index contributed by atoms with van der Waals surface area (Å²) in [5, 5.41) is 3.54. The second-order valence-electron chi connectivity index (χ2n) is 3.33. The van der Waals surface area contributed by atoms with Crippen molar-refractivity contribution in [3.8, 4) is 0 Å². The SMILES string of the molecule is CC1OCCC1Nc1ccnc(Cl)n1. The average molecular weight is 214 g/mol. The third-order valence-electron chi connectivity index (χ3n) is 2.34. The predicted molar refractivity (Wildman–Crippen MR) is 54.5 cm³/mol. The van der Waals surface area contributed by atoms with E-state index in [4.69, 9.17) is 16.3 Å². The zero-order chi connectivity index (χ0) is 9.97. The van der Waals surface area contributed by atoms with Gasteiger partial charge < -0.3 is 10.1 Å². The molecule has 2 unspecified atom stereocenters. The van der Waals surface area contributed by atoms with Gasteiger partial charge in [0.05, 0.1) is 12.1 Å². The quantitative estimate of drug-likeness (QED) is 0.760. The van der Waals surface area contributed by atoms with Gasteiger partial charge in [-0.1, -0.05) is 0 Å². The van der Waals surface area contributed by atoms with Crippen LogP contribution in [0.5, 0.6) is 0 Å². The Labute approximate surface area is 87.7 Å². The number of ether oxygens (including phenoxy) is 1. The molecule has 0 saturated carbocycles. The van der Waals surface area contributed by atoms with E-state index in [9.17, 15) is 0 Å². The highest BCUT2D eigenvalue weighted by molar-refractivity contribution is 6.28. The maximum absolute atomic E-state index is 5.67. The highest BCUT2D eigenvalue weighted by Crippen LogP contribution is 2.17. The number of aromatic nitrogens is 2. The number of hydrogen-bond acceptors (Lipinski definition) is 4. The summed E-state index contributed by atoms with van der Waals surface area (Å²) >= 11 is 5.67. The van der Waals surface area contributed by atoms with Gasteiger partial charge >= 0.3 is 0 Å². The number of nitrogens with one attached hydrogen (secondary N) is 1. The largest absolute Gasteiger partial charge is 0.376 e. The van der Waals surface area contributed by atoms with Crippen LogP contribution in [-0.2, 0) is 4.74 Å². The molecule has 0 amide bonds. The Bertz CT molecular complexity index is 321. The molecule has 0 bridgehead atoms. The molecular formula is C9H12ClN3O. The van der Waals surface area contributed by atoms with Gasteiger partial charge in [-0.15, -0.1) is 0 Å². The van der Waals surface area contributed by atoms with Gasteiger partial charge in [0.1, 0.15) is 5.82 Å². The van der Waals surface area contributed by atoms with Crippen molar-refractivity contribution in [1.29, 1.82) is 0 Å². The van der Waals surface area contributed by atoms with Crippen molar-refractivity contribution < 1.29 is 4.74 Å². The fourth-order valence-electron chi connectivity index (χ4n) is 1.53. The van der Waals surface area contributed by atoms with Gasteiger partial charge in [-0.05, 0) is 31.0 Å². The Morgan fingerprint density at radius 1 is 1.64 bits per heavy atom. The van der Waals surface area contributed by atoms with Gasteiger partial charge in [0.25, 0.3) is 0 Å². The topological polar surface area (TPSA) is 47.0 Å². The van der Waals surface area contributed by atoms with Crippen LogP contribution < -0.4 is 5.32 Å². The number of halogens is 1. The molecule has 1 aromatic heterocycles. The fraction of sp³-hybridized carbons (Fsp3) is 0.556. The molecule has 4 nitrogen and oxygen atoms in total. The summed E-state index contributed by atoms with van der Waals surface area (Å²) in [6.07, 6.45) is 2.87. The summed E-state index contributed by atoms with van der Waals surface area (Å²) < 4.78 is 5.43. The smallest absolute Gasteiger partial charge is 0.224 e. The molecule has 0 aromatic carbocycles. The van der Waals surface area contributed by atoms with Crippen molar-refractivity contribution in [2.75, 3.05) is 11.9 Å². The van der Waals surface area contributed by atoms with E-state index in [2.05, 4.69) is 15.3 Å². The molecule has 0 aliphatic carbocycles. The Morgan fingerprint density at radius 3 is 3.14 bits per heavy atom.